The van der Waals surface area contributed by atoms with E-state index < -0.39 is 18.2 Å². The highest BCUT2D eigenvalue weighted by molar-refractivity contribution is 5.75. The third-order valence-electron chi connectivity index (χ3n) is 2.36. The molecule has 0 radical (unpaired) electrons. The number of ether oxygens (including phenoxy) is 1. The Morgan fingerprint density at radius 2 is 2.24 bits per heavy atom. The van der Waals surface area contributed by atoms with E-state index in [0.717, 1.165) is 7.11 Å². The van der Waals surface area contributed by atoms with Gasteiger partial charge in [-0.2, -0.15) is 0 Å². The molecule has 0 spiro atoms. The Morgan fingerprint density at radius 3 is 2.94 bits per heavy atom. The monoisotopic (exact) mass is 237 g/mol. The highest BCUT2D eigenvalue weighted by Gasteiger charge is 2.28. The Balaban J connectivity index is 2.36. The van der Waals surface area contributed by atoms with Gasteiger partial charge in [-0.25, -0.2) is 14.8 Å². The van der Waals surface area contributed by atoms with Gasteiger partial charge in [0.1, 0.15) is 6.10 Å². The Labute approximate surface area is 96.3 Å². The molecule has 0 amide bonds. The first-order valence-electron chi connectivity index (χ1n) is 4.87. The molecular weight excluding hydrogens is 226 g/mol. The van der Waals surface area contributed by atoms with Crippen LogP contribution < -0.4 is 0 Å². The summed E-state index contributed by atoms with van der Waals surface area (Å²) in [6.07, 6.45) is 1.45. The second-order valence-electron chi connectivity index (χ2n) is 3.39. The van der Waals surface area contributed by atoms with Gasteiger partial charge in [-0.05, 0) is 6.07 Å². The SMILES string of the molecule is COC(=O)C(O)C(O)c1cnc2ncccn12. The highest BCUT2D eigenvalue weighted by Crippen LogP contribution is 2.18. The first kappa shape index (κ1) is 11.5. The molecule has 0 aliphatic rings. The molecule has 0 fully saturated rings. The number of methoxy groups -OCH3 is 1. The first-order valence-corrected chi connectivity index (χ1v) is 4.87. The third kappa shape index (κ3) is 1.97. The van der Waals surface area contributed by atoms with Crippen LogP contribution in [0.5, 0.6) is 0 Å². The normalized spacial score (nSPS) is 14.5. The molecule has 2 atom stereocenters. The zero-order valence-electron chi connectivity index (χ0n) is 9.02. The summed E-state index contributed by atoms with van der Waals surface area (Å²) < 4.78 is 5.83. The molecule has 2 unspecified atom stereocenters. The predicted molar refractivity (Wildman–Crippen MR) is 56.0 cm³/mol. The molecule has 7 nitrogen and oxygen atoms in total. The van der Waals surface area contributed by atoms with Crippen molar-refractivity contribution in [3.8, 4) is 0 Å². The van der Waals surface area contributed by atoms with E-state index in [1.54, 1.807) is 18.5 Å². The van der Waals surface area contributed by atoms with Crippen molar-refractivity contribution in [2.45, 2.75) is 12.2 Å². The number of carbonyl (C=O) groups excluding carboxylic acids is 1. The number of esters is 1. The summed E-state index contributed by atoms with van der Waals surface area (Å²) in [5, 5.41) is 19.4. The Hall–Kier alpha value is -1.99. The van der Waals surface area contributed by atoms with Crippen molar-refractivity contribution < 1.29 is 19.7 Å². The van der Waals surface area contributed by atoms with Crippen LogP contribution in [0.4, 0.5) is 0 Å². The van der Waals surface area contributed by atoms with Crippen LogP contribution in [0.3, 0.4) is 0 Å². The van der Waals surface area contributed by atoms with Gasteiger partial charge < -0.3 is 14.9 Å². The summed E-state index contributed by atoms with van der Waals surface area (Å²) in [6, 6.07) is 1.65. The number of rotatable bonds is 3. The fourth-order valence-corrected chi connectivity index (χ4v) is 1.48. The molecule has 0 aliphatic carbocycles. The molecule has 2 aromatic rings. The number of carbonyl (C=O) groups is 1. The van der Waals surface area contributed by atoms with E-state index in [9.17, 15) is 15.0 Å². The van der Waals surface area contributed by atoms with Crippen molar-refractivity contribution in [2.75, 3.05) is 7.11 Å². The Morgan fingerprint density at radius 1 is 1.47 bits per heavy atom. The maximum absolute atomic E-state index is 11.1. The largest absolute Gasteiger partial charge is 0.467 e. The van der Waals surface area contributed by atoms with Gasteiger partial charge in [0, 0.05) is 12.4 Å². The van der Waals surface area contributed by atoms with Crippen molar-refractivity contribution in [2.24, 2.45) is 0 Å². The van der Waals surface area contributed by atoms with E-state index in [1.807, 2.05) is 0 Å². The molecule has 0 aromatic carbocycles. The van der Waals surface area contributed by atoms with E-state index in [0.29, 0.717) is 5.78 Å². The molecule has 0 saturated heterocycles. The average molecular weight is 237 g/mol. The van der Waals surface area contributed by atoms with Crippen LogP contribution in [0.2, 0.25) is 0 Å². The fourth-order valence-electron chi connectivity index (χ4n) is 1.48. The fraction of sp³-hybridized carbons (Fsp3) is 0.300. The maximum Gasteiger partial charge on any atom is 0.337 e. The topological polar surface area (TPSA) is 97.0 Å². The zero-order chi connectivity index (χ0) is 12.4. The number of aromatic nitrogens is 3. The minimum Gasteiger partial charge on any atom is -0.467 e. The maximum atomic E-state index is 11.1. The van der Waals surface area contributed by atoms with E-state index in [4.69, 9.17) is 0 Å². The first-order chi connectivity index (χ1) is 8.15. The van der Waals surface area contributed by atoms with Gasteiger partial charge >= 0.3 is 5.97 Å². The molecule has 2 aromatic heterocycles. The minimum absolute atomic E-state index is 0.269. The van der Waals surface area contributed by atoms with Crippen molar-refractivity contribution in [1.82, 2.24) is 14.4 Å². The third-order valence-corrected chi connectivity index (χ3v) is 2.36. The minimum atomic E-state index is -1.65. The molecule has 0 saturated carbocycles. The van der Waals surface area contributed by atoms with Crippen LogP contribution in [-0.2, 0) is 9.53 Å². The summed E-state index contributed by atoms with van der Waals surface area (Å²) >= 11 is 0. The Bertz CT molecular complexity index is 539. The van der Waals surface area contributed by atoms with E-state index in [-0.39, 0.29) is 5.69 Å². The van der Waals surface area contributed by atoms with Gasteiger partial charge in [-0.1, -0.05) is 0 Å². The van der Waals surface area contributed by atoms with Gasteiger partial charge in [0.15, 0.2) is 6.10 Å². The van der Waals surface area contributed by atoms with Crippen molar-refractivity contribution in [3.05, 3.63) is 30.4 Å². The van der Waals surface area contributed by atoms with Gasteiger partial charge in [0.25, 0.3) is 0 Å². The van der Waals surface area contributed by atoms with Crippen molar-refractivity contribution in [1.29, 1.82) is 0 Å². The van der Waals surface area contributed by atoms with Crippen molar-refractivity contribution in [3.63, 3.8) is 0 Å². The number of hydrogen-bond acceptors (Lipinski definition) is 6. The molecule has 2 rings (SSSR count). The molecule has 2 heterocycles. The van der Waals surface area contributed by atoms with E-state index >= 15 is 0 Å². The van der Waals surface area contributed by atoms with E-state index in [1.165, 1.54) is 10.6 Å². The lowest BCUT2D eigenvalue weighted by Crippen LogP contribution is -2.29. The molecule has 2 N–H and O–H groups in total. The van der Waals surface area contributed by atoms with Crippen LogP contribution >= 0.6 is 0 Å². The number of imidazole rings is 1. The van der Waals surface area contributed by atoms with Crippen LogP contribution in [0.1, 0.15) is 11.8 Å². The molecule has 0 aliphatic heterocycles. The van der Waals surface area contributed by atoms with Gasteiger partial charge in [0.05, 0.1) is 19.0 Å². The summed E-state index contributed by atoms with van der Waals surface area (Å²) in [5.41, 5.74) is 0.269. The summed E-state index contributed by atoms with van der Waals surface area (Å²) in [4.78, 5) is 19.0. The molecule has 7 heteroatoms. The number of hydrogen-bond donors (Lipinski definition) is 2. The number of aliphatic hydroxyl groups is 2. The molecule has 0 bridgehead atoms. The number of aliphatic hydroxyl groups excluding tert-OH is 2. The van der Waals surface area contributed by atoms with Crippen LogP contribution in [0, 0.1) is 0 Å². The van der Waals surface area contributed by atoms with Crippen LogP contribution in [0.15, 0.2) is 24.7 Å². The highest BCUT2D eigenvalue weighted by atomic mass is 16.5. The standard InChI is InChI=1S/C10H11N3O4/c1-17-9(16)8(15)7(14)6-5-12-10-11-3-2-4-13(6)10/h2-5,7-8,14-15H,1H3. The van der Waals surface area contributed by atoms with E-state index in [2.05, 4.69) is 14.7 Å². The summed E-state index contributed by atoms with van der Waals surface area (Å²) in [6.45, 7) is 0. The quantitative estimate of drug-likeness (QED) is 0.685. The zero-order valence-corrected chi connectivity index (χ0v) is 9.02. The van der Waals surface area contributed by atoms with Crippen molar-refractivity contribution >= 4 is 11.7 Å². The second kappa shape index (κ2) is 4.48. The van der Waals surface area contributed by atoms with Gasteiger partial charge in [-0.3, -0.25) is 4.40 Å². The van der Waals surface area contributed by atoms with Crippen LogP contribution in [-0.4, -0.2) is 43.8 Å². The summed E-state index contributed by atoms with van der Waals surface area (Å²) in [5.74, 6) is -0.532. The lowest BCUT2D eigenvalue weighted by atomic mass is 10.1. The van der Waals surface area contributed by atoms with Gasteiger partial charge in [0.2, 0.25) is 5.78 Å². The number of nitrogens with zero attached hydrogens (tertiary/aromatic N) is 3. The Kier molecular flexibility index (Phi) is 3.03. The number of fused-ring (bicyclic) bond motifs is 1. The summed E-state index contributed by atoms with van der Waals surface area (Å²) in [7, 11) is 1.13. The second-order valence-corrected chi connectivity index (χ2v) is 3.39. The van der Waals surface area contributed by atoms with Crippen LogP contribution in [0.25, 0.3) is 5.78 Å². The lowest BCUT2D eigenvalue weighted by Gasteiger charge is -2.14. The molecule has 17 heavy (non-hydrogen) atoms. The smallest absolute Gasteiger partial charge is 0.337 e. The predicted octanol–water partition coefficient (Wildman–Crippen LogP) is -0.703. The average Bonchev–Trinajstić information content (AvgIpc) is 2.79. The molecule has 90 valence electrons. The molecular formula is C10H11N3O4. The lowest BCUT2D eigenvalue weighted by molar-refractivity contribution is -0.157. The van der Waals surface area contributed by atoms with Gasteiger partial charge in [-0.15, -0.1) is 0 Å².